The molecule has 3 aromatic rings. The van der Waals surface area contributed by atoms with Crippen molar-refractivity contribution in [2.75, 3.05) is 5.32 Å². The van der Waals surface area contributed by atoms with Gasteiger partial charge in [0.1, 0.15) is 5.39 Å². The molecular weight excluding hydrogens is 314 g/mol. The van der Waals surface area contributed by atoms with E-state index in [1.165, 1.54) is 19.3 Å². The predicted octanol–water partition coefficient (Wildman–Crippen LogP) is 3.43. The van der Waals surface area contributed by atoms with Crippen LogP contribution in [0.3, 0.4) is 0 Å². The number of nitrogens with two attached hydrogens (primary N) is 1. The summed E-state index contributed by atoms with van der Waals surface area (Å²) in [6, 6.07) is 10.2. The van der Waals surface area contributed by atoms with E-state index < -0.39 is 0 Å². The molecule has 1 aliphatic rings. The minimum Gasteiger partial charge on any atom is -0.338 e. The molecule has 2 heterocycles. The molecule has 0 saturated heterocycles. The molecule has 0 unspecified atom stereocenters. The highest BCUT2D eigenvalue weighted by Gasteiger charge is 2.21. The normalized spacial score (nSPS) is 15.6. The molecule has 1 saturated carbocycles. The van der Waals surface area contributed by atoms with Gasteiger partial charge in [-0.25, -0.2) is 0 Å². The summed E-state index contributed by atoms with van der Waals surface area (Å²) in [4.78, 5) is 15.2. The number of rotatable bonds is 4. The average molecular weight is 337 g/mol. The van der Waals surface area contributed by atoms with Crippen molar-refractivity contribution in [2.24, 2.45) is 5.73 Å². The first-order valence-corrected chi connectivity index (χ1v) is 8.92. The zero-order valence-corrected chi connectivity index (χ0v) is 14.2. The smallest absolute Gasteiger partial charge is 0.261 e. The lowest BCUT2D eigenvalue weighted by atomic mass is 9.95. The van der Waals surface area contributed by atoms with E-state index in [-0.39, 0.29) is 5.56 Å². The Bertz CT molecular complexity index is 919. The molecule has 4 N–H and O–H groups in total. The van der Waals surface area contributed by atoms with Crippen molar-refractivity contribution in [1.82, 2.24) is 14.8 Å². The van der Waals surface area contributed by atoms with Gasteiger partial charge in [0.2, 0.25) is 0 Å². The first kappa shape index (κ1) is 15.9. The van der Waals surface area contributed by atoms with Crippen LogP contribution >= 0.6 is 0 Å². The highest BCUT2D eigenvalue weighted by atomic mass is 16.1. The molecule has 1 aliphatic carbocycles. The maximum absolute atomic E-state index is 12.4. The summed E-state index contributed by atoms with van der Waals surface area (Å²) in [7, 11) is 0. The molecule has 0 radical (unpaired) electrons. The molecule has 6 nitrogen and oxygen atoms in total. The van der Waals surface area contributed by atoms with Crippen molar-refractivity contribution in [3.8, 4) is 0 Å². The van der Waals surface area contributed by atoms with E-state index in [2.05, 4.69) is 10.3 Å². The number of hydrogen-bond acceptors (Lipinski definition) is 4. The van der Waals surface area contributed by atoms with Crippen LogP contribution in [0, 0.1) is 0 Å². The second-order valence-corrected chi connectivity index (χ2v) is 6.68. The highest BCUT2D eigenvalue weighted by Crippen LogP contribution is 2.32. The Kier molecular flexibility index (Phi) is 4.28. The monoisotopic (exact) mass is 337 g/mol. The second kappa shape index (κ2) is 6.72. The summed E-state index contributed by atoms with van der Waals surface area (Å²) in [5.74, 6) is 0.614. The van der Waals surface area contributed by atoms with Crippen LogP contribution < -0.4 is 16.6 Å². The van der Waals surface area contributed by atoms with Crippen LogP contribution in [0.1, 0.15) is 43.7 Å². The molecule has 1 aromatic carbocycles. The Morgan fingerprint density at radius 3 is 2.64 bits per heavy atom. The fourth-order valence-electron chi connectivity index (χ4n) is 3.65. The Morgan fingerprint density at radius 1 is 1.16 bits per heavy atom. The lowest BCUT2D eigenvalue weighted by Gasteiger charge is -2.22. The summed E-state index contributed by atoms with van der Waals surface area (Å²) in [5.41, 5.74) is 8.41. The molecule has 0 aliphatic heterocycles. The van der Waals surface area contributed by atoms with Crippen molar-refractivity contribution >= 4 is 22.4 Å². The van der Waals surface area contributed by atoms with E-state index >= 15 is 0 Å². The summed E-state index contributed by atoms with van der Waals surface area (Å²) in [6.45, 7) is 0.513. The van der Waals surface area contributed by atoms with Crippen LogP contribution in [0.2, 0.25) is 0 Å². The molecule has 4 rings (SSSR count). The number of nitrogens with one attached hydrogen (secondary N) is 2. The largest absolute Gasteiger partial charge is 0.338 e. The summed E-state index contributed by atoms with van der Waals surface area (Å²) in [5, 5.41) is 8.70. The third kappa shape index (κ3) is 3.05. The standard InChI is InChI=1S/C19H23N5O/c20-12-13-6-8-14(9-7-13)22-18-17-16(10-11-21-19(17)25)24(23-18)15-4-2-1-3-5-15/h6-11,15H,1-5,12,20H2,(H,21,25)(H,22,23). The Labute approximate surface area is 146 Å². The molecule has 0 bridgehead atoms. The zero-order chi connectivity index (χ0) is 17.2. The van der Waals surface area contributed by atoms with Crippen LogP contribution in [0.5, 0.6) is 0 Å². The van der Waals surface area contributed by atoms with Gasteiger partial charge >= 0.3 is 0 Å². The van der Waals surface area contributed by atoms with E-state index in [1.54, 1.807) is 6.20 Å². The van der Waals surface area contributed by atoms with Crippen LogP contribution in [0.4, 0.5) is 11.5 Å². The minimum absolute atomic E-state index is 0.111. The lowest BCUT2D eigenvalue weighted by molar-refractivity contribution is 0.338. The van der Waals surface area contributed by atoms with Crippen molar-refractivity contribution in [3.63, 3.8) is 0 Å². The van der Waals surface area contributed by atoms with Gasteiger partial charge in [0.25, 0.3) is 5.56 Å². The number of aromatic amines is 1. The Hall–Kier alpha value is -2.60. The van der Waals surface area contributed by atoms with Crippen molar-refractivity contribution in [1.29, 1.82) is 0 Å². The first-order chi connectivity index (χ1) is 12.3. The number of fused-ring (bicyclic) bond motifs is 1. The second-order valence-electron chi connectivity index (χ2n) is 6.68. The van der Waals surface area contributed by atoms with Crippen LogP contribution in [-0.4, -0.2) is 14.8 Å². The number of hydrogen-bond donors (Lipinski definition) is 3. The van der Waals surface area contributed by atoms with E-state index in [4.69, 9.17) is 10.8 Å². The maximum atomic E-state index is 12.4. The van der Waals surface area contributed by atoms with Crippen LogP contribution in [-0.2, 0) is 6.54 Å². The molecule has 6 heteroatoms. The zero-order valence-electron chi connectivity index (χ0n) is 14.2. The molecular formula is C19H23N5O. The molecule has 25 heavy (non-hydrogen) atoms. The topological polar surface area (TPSA) is 88.7 Å². The van der Waals surface area contributed by atoms with Crippen LogP contribution in [0.15, 0.2) is 41.3 Å². The van der Waals surface area contributed by atoms with Gasteiger partial charge in [0.05, 0.1) is 11.6 Å². The molecule has 0 spiro atoms. The van der Waals surface area contributed by atoms with Crippen molar-refractivity contribution in [2.45, 2.75) is 44.7 Å². The third-order valence-electron chi connectivity index (χ3n) is 5.00. The van der Waals surface area contributed by atoms with Gasteiger partial charge in [0.15, 0.2) is 5.82 Å². The number of pyridine rings is 1. The van der Waals surface area contributed by atoms with Gasteiger partial charge in [-0.1, -0.05) is 31.4 Å². The number of H-pyrrole nitrogens is 1. The SMILES string of the molecule is NCc1ccc(Nc2nn(C3CCCCC3)c3cc[nH]c(=O)c23)cc1. The molecule has 0 amide bonds. The van der Waals surface area contributed by atoms with E-state index in [1.807, 2.05) is 35.0 Å². The number of benzene rings is 1. The summed E-state index contributed by atoms with van der Waals surface area (Å²) < 4.78 is 2.04. The first-order valence-electron chi connectivity index (χ1n) is 8.92. The van der Waals surface area contributed by atoms with Gasteiger partial charge in [-0.15, -0.1) is 0 Å². The highest BCUT2D eigenvalue weighted by molar-refractivity contribution is 5.91. The fraction of sp³-hybridized carbons (Fsp3) is 0.368. The van der Waals surface area contributed by atoms with Gasteiger partial charge < -0.3 is 16.0 Å². The predicted molar refractivity (Wildman–Crippen MR) is 100 cm³/mol. The van der Waals surface area contributed by atoms with Crippen molar-refractivity contribution in [3.05, 3.63) is 52.4 Å². The summed E-state index contributed by atoms with van der Waals surface area (Å²) >= 11 is 0. The molecule has 2 aromatic heterocycles. The number of anilines is 2. The van der Waals surface area contributed by atoms with Gasteiger partial charge in [-0.3, -0.25) is 9.48 Å². The molecule has 130 valence electrons. The lowest BCUT2D eigenvalue weighted by Crippen LogP contribution is -2.14. The average Bonchev–Trinajstić information content (AvgIpc) is 3.03. The fourth-order valence-corrected chi connectivity index (χ4v) is 3.65. The van der Waals surface area contributed by atoms with Gasteiger partial charge in [-0.2, -0.15) is 5.10 Å². The Morgan fingerprint density at radius 2 is 1.92 bits per heavy atom. The minimum atomic E-state index is -0.111. The third-order valence-corrected chi connectivity index (χ3v) is 5.00. The van der Waals surface area contributed by atoms with E-state index in [0.717, 1.165) is 29.6 Å². The molecule has 0 atom stereocenters. The number of aromatic nitrogens is 3. The maximum Gasteiger partial charge on any atom is 0.261 e. The van der Waals surface area contributed by atoms with Crippen LogP contribution in [0.25, 0.3) is 10.9 Å². The number of nitrogens with zero attached hydrogens (tertiary/aromatic N) is 2. The Balaban J connectivity index is 1.75. The van der Waals surface area contributed by atoms with E-state index in [0.29, 0.717) is 23.8 Å². The van der Waals surface area contributed by atoms with Gasteiger partial charge in [0, 0.05) is 18.4 Å². The van der Waals surface area contributed by atoms with E-state index in [9.17, 15) is 4.79 Å². The molecule has 1 fully saturated rings. The van der Waals surface area contributed by atoms with Crippen molar-refractivity contribution < 1.29 is 0 Å². The van der Waals surface area contributed by atoms with Gasteiger partial charge in [-0.05, 0) is 36.6 Å². The summed E-state index contributed by atoms with van der Waals surface area (Å²) in [6.07, 6.45) is 7.67. The quantitative estimate of drug-likeness (QED) is 0.680.